The number of benzene rings is 1. The van der Waals surface area contributed by atoms with Crippen LogP contribution in [0.25, 0.3) is 0 Å². The van der Waals surface area contributed by atoms with Gasteiger partial charge in [0, 0.05) is 12.0 Å². The topological polar surface area (TPSA) is 38.7 Å². The third kappa shape index (κ3) is 2.75. The van der Waals surface area contributed by atoms with Gasteiger partial charge in [0.05, 0.1) is 0 Å². The van der Waals surface area contributed by atoms with Crippen LogP contribution >= 0.6 is 0 Å². The molecule has 0 bridgehead atoms. The lowest BCUT2D eigenvalue weighted by Crippen LogP contribution is -2.34. The molecule has 1 aromatic carbocycles. The van der Waals surface area contributed by atoms with Gasteiger partial charge < -0.3 is 4.74 Å². The van der Waals surface area contributed by atoms with Crippen molar-refractivity contribution < 1.29 is 9.53 Å². The Bertz CT molecular complexity index is 505. The lowest BCUT2D eigenvalue weighted by molar-refractivity contribution is -0.139. The zero-order valence-corrected chi connectivity index (χ0v) is 11.4. The molecule has 0 amide bonds. The maximum absolute atomic E-state index is 12.2. The van der Waals surface area contributed by atoms with Crippen molar-refractivity contribution in [2.24, 2.45) is 10.9 Å². The Labute approximate surface area is 114 Å². The minimum atomic E-state index is -0.791. The molecule has 0 saturated carbocycles. The molecule has 1 aliphatic heterocycles. The highest BCUT2D eigenvalue weighted by molar-refractivity contribution is 6.08. The number of hydrogen-bond donors (Lipinski definition) is 0. The van der Waals surface area contributed by atoms with Crippen molar-refractivity contribution in [3.05, 3.63) is 48.6 Å². The molecule has 0 N–H and O–H groups in total. The second-order valence-corrected chi connectivity index (χ2v) is 5.29. The Balaban J connectivity index is 2.36. The van der Waals surface area contributed by atoms with E-state index >= 15 is 0 Å². The third-order valence-corrected chi connectivity index (χ3v) is 3.13. The summed E-state index contributed by atoms with van der Waals surface area (Å²) in [5.41, 5.74) is 0.0479. The minimum Gasteiger partial charge on any atom is -0.405 e. The summed E-state index contributed by atoms with van der Waals surface area (Å²) < 4.78 is 5.38. The van der Waals surface area contributed by atoms with Gasteiger partial charge in [-0.25, -0.2) is 9.79 Å². The molecule has 100 valence electrons. The van der Waals surface area contributed by atoms with E-state index in [1.54, 1.807) is 6.08 Å². The third-order valence-electron chi connectivity index (χ3n) is 3.13. The predicted molar refractivity (Wildman–Crippen MR) is 76.1 cm³/mol. The molecule has 3 heteroatoms. The molecule has 1 aliphatic rings. The van der Waals surface area contributed by atoms with Crippen LogP contribution in [0.4, 0.5) is 0 Å². The second kappa shape index (κ2) is 5.39. The molecule has 2 rings (SSSR count). The highest BCUT2D eigenvalue weighted by Crippen LogP contribution is 2.33. The molecule has 1 atom stereocenters. The summed E-state index contributed by atoms with van der Waals surface area (Å²) in [6.07, 6.45) is 2.93. The zero-order valence-electron chi connectivity index (χ0n) is 11.4. The maximum Gasteiger partial charge on any atom is 0.341 e. The van der Waals surface area contributed by atoms with Crippen LogP contribution in [0.3, 0.4) is 0 Å². The van der Waals surface area contributed by atoms with Gasteiger partial charge >= 0.3 is 5.97 Å². The van der Waals surface area contributed by atoms with Gasteiger partial charge in [-0.1, -0.05) is 38.1 Å². The summed E-state index contributed by atoms with van der Waals surface area (Å²) in [5.74, 6) is 0.527. The molecule has 0 saturated heterocycles. The second-order valence-electron chi connectivity index (χ2n) is 5.29. The van der Waals surface area contributed by atoms with E-state index in [-0.39, 0.29) is 5.97 Å². The van der Waals surface area contributed by atoms with Gasteiger partial charge in [-0.05, 0) is 24.5 Å². The van der Waals surface area contributed by atoms with E-state index in [1.165, 1.54) is 0 Å². The predicted octanol–water partition coefficient (Wildman–Crippen LogP) is 3.35. The molecule has 0 spiro atoms. The highest BCUT2D eigenvalue weighted by Gasteiger charge is 2.45. The van der Waals surface area contributed by atoms with Crippen LogP contribution in [-0.2, 0) is 9.53 Å². The van der Waals surface area contributed by atoms with Gasteiger partial charge in [-0.3, -0.25) is 0 Å². The van der Waals surface area contributed by atoms with Gasteiger partial charge in [-0.15, -0.1) is 6.58 Å². The Morgan fingerprint density at radius 3 is 2.63 bits per heavy atom. The van der Waals surface area contributed by atoms with E-state index in [2.05, 4.69) is 25.4 Å². The number of aliphatic imine (C=N–C) groups is 1. The molecular weight excluding hydrogens is 238 g/mol. The molecule has 1 aromatic rings. The lowest BCUT2D eigenvalue weighted by atomic mass is 9.87. The number of hydrogen-bond acceptors (Lipinski definition) is 3. The van der Waals surface area contributed by atoms with Gasteiger partial charge in [0.1, 0.15) is 0 Å². The smallest absolute Gasteiger partial charge is 0.341 e. The van der Waals surface area contributed by atoms with Gasteiger partial charge in [0.2, 0.25) is 5.90 Å². The number of rotatable bonds is 5. The van der Waals surface area contributed by atoms with Crippen LogP contribution in [-0.4, -0.2) is 17.4 Å². The van der Waals surface area contributed by atoms with E-state index < -0.39 is 5.54 Å². The van der Waals surface area contributed by atoms with Crippen molar-refractivity contribution in [1.29, 1.82) is 0 Å². The van der Waals surface area contributed by atoms with Crippen LogP contribution in [0.2, 0.25) is 0 Å². The fourth-order valence-electron chi connectivity index (χ4n) is 2.41. The number of nitrogens with zero attached hydrogens (tertiary/aromatic N) is 1. The monoisotopic (exact) mass is 257 g/mol. The summed E-state index contributed by atoms with van der Waals surface area (Å²) in [5, 5.41) is 0. The van der Waals surface area contributed by atoms with Crippen molar-refractivity contribution in [1.82, 2.24) is 0 Å². The van der Waals surface area contributed by atoms with Crippen LogP contribution in [0.5, 0.6) is 0 Å². The molecule has 1 heterocycles. The minimum absolute atomic E-state index is 0.264. The van der Waals surface area contributed by atoms with Gasteiger partial charge in [0.25, 0.3) is 0 Å². The Morgan fingerprint density at radius 1 is 1.37 bits per heavy atom. The lowest BCUT2D eigenvalue weighted by Gasteiger charge is -2.22. The number of carbonyl (C=O) groups excluding carboxylic acids is 1. The Hall–Kier alpha value is -1.90. The number of cyclic esters (lactones) is 1. The molecule has 0 unspecified atom stereocenters. The summed E-state index contributed by atoms with van der Waals surface area (Å²) >= 11 is 0. The quantitative estimate of drug-likeness (QED) is 0.599. The standard InChI is InChI=1S/C16H19NO2/c1-4-10-16(11-12(2)3)15(18)19-14(17-16)13-8-6-5-7-9-13/h4-9,12H,1,10-11H2,2-3H3/t16-/m0/s1. The van der Waals surface area contributed by atoms with Crippen LogP contribution < -0.4 is 0 Å². The number of ether oxygens (including phenoxy) is 1. The maximum atomic E-state index is 12.2. The summed E-state index contributed by atoms with van der Waals surface area (Å²) in [4.78, 5) is 16.8. The van der Waals surface area contributed by atoms with Gasteiger partial charge in [-0.2, -0.15) is 0 Å². The van der Waals surface area contributed by atoms with E-state index in [0.29, 0.717) is 24.7 Å². The average Bonchev–Trinajstić information content (AvgIpc) is 2.68. The van der Waals surface area contributed by atoms with Crippen LogP contribution in [0, 0.1) is 5.92 Å². The molecule has 0 aliphatic carbocycles. The fourth-order valence-corrected chi connectivity index (χ4v) is 2.41. The number of esters is 1. The van der Waals surface area contributed by atoms with E-state index in [0.717, 1.165) is 5.56 Å². The molecule has 3 nitrogen and oxygen atoms in total. The first-order chi connectivity index (χ1) is 9.07. The zero-order chi connectivity index (χ0) is 13.9. The van der Waals surface area contributed by atoms with Crippen molar-refractivity contribution in [3.8, 4) is 0 Å². The summed E-state index contributed by atoms with van der Waals surface area (Å²) in [7, 11) is 0. The Morgan fingerprint density at radius 2 is 2.05 bits per heavy atom. The first kappa shape index (κ1) is 13.5. The van der Waals surface area contributed by atoms with Crippen molar-refractivity contribution in [2.45, 2.75) is 32.2 Å². The number of carbonyl (C=O) groups is 1. The van der Waals surface area contributed by atoms with Crippen molar-refractivity contribution >= 4 is 11.9 Å². The fraction of sp³-hybridized carbons (Fsp3) is 0.375. The summed E-state index contributed by atoms with van der Waals surface area (Å²) in [6.45, 7) is 7.89. The van der Waals surface area contributed by atoms with Crippen molar-refractivity contribution in [3.63, 3.8) is 0 Å². The normalized spacial score (nSPS) is 22.3. The molecule has 19 heavy (non-hydrogen) atoms. The van der Waals surface area contributed by atoms with Crippen LogP contribution in [0.1, 0.15) is 32.3 Å². The largest absolute Gasteiger partial charge is 0.405 e. The van der Waals surface area contributed by atoms with Crippen LogP contribution in [0.15, 0.2) is 48.0 Å². The summed E-state index contributed by atoms with van der Waals surface area (Å²) in [6, 6.07) is 9.52. The SMILES string of the molecule is C=CC[C@@]1(CC(C)C)N=C(c2ccccc2)OC1=O. The van der Waals surface area contributed by atoms with E-state index in [9.17, 15) is 4.79 Å². The Kier molecular flexibility index (Phi) is 3.84. The van der Waals surface area contributed by atoms with E-state index in [1.807, 2.05) is 30.3 Å². The van der Waals surface area contributed by atoms with E-state index in [4.69, 9.17) is 4.74 Å². The van der Waals surface area contributed by atoms with Crippen molar-refractivity contribution in [2.75, 3.05) is 0 Å². The first-order valence-electron chi connectivity index (χ1n) is 6.56. The molecular formula is C16H19NO2. The molecule has 0 radical (unpaired) electrons. The molecule has 0 aromatic heterocycles. The van der Waals surface area contributed by atoms with Gasteiger partial charge in [0.15, 0.2) is 5.54 Å². The highest BCUT2D eigenvalue weighted by atomic mass is 16.6. The average molecular weight is 257 g/mol. The first-order valence-corrected chi connectivity index (χ1v) is 6.56. The molecule has 0 fully saturated rings.